The average molecular weight is 225 g/mol. The molecule has 0 amide bonds. The first-order valence-electron chi connectivity index (χ1n) is 5.11. The first kappa shape index (κ1) is 12.4. The van der Waals surface area contributed by atoms with E-state index in [1.807, 2.05) is 32.9 Å². The van der Waals surface area contributed by atoms with Gasteiger partial charge in [-0.3, -0.25) is 0 Å². The predicted octanol–water partition coefficient (Wildman–Crippen LogP) is 2.55. The highest BCUT2D eigenvalue weighted by atomic mass is 32.2. The van der Waals surface area contributed by atoms with E-state index in [1.165, 1.54) is 11.1 Å². The molecule has 0 bridgehead atoms. The minimum atomic E-state index is -0.996. The van der Waals surface area contributed by atoms with Crippen LogP contribution >= 0.6 is 0 Å². The van der Waals surface area contributed by atoms with Gasteiger partial charge in [0.1, 0.15) is 0 Å². The minimum absolute atomic E-state index is 0.206. The van der Waals surface area contributed by atoms with Crippen LogP contribution in [0.3, 0.4) is 0 Å². The van der Waals surface area contributed by atoms with E-state index in [4.69, 9.17) is 0 Å². The van der Waals surface area contributed by atoms with Crippen molar-refractivity contribution in [3.63, 3.8) is 0 Å². The van der Waals surface area contributed by atoms with Crippen molar-refractivity contribution in [1.29, 1.82) is 0 Å². The van der Waals surface area contributed by atoms with Crippen molar-refractivity contribution < 1.29 is 4.21 Å². The monoisotopic (exact) mass is 225 g/mol. The fraction of sp³-hybridized carbons (Fsp3) is 0.500. The lowest BCUT2D eigenvalue weighted by atomic mass is 10.1. The first-order chi connectivity index (χ1) is 6.91. The standard InChI is InChI=1S/C12H19NOS/c1-10-7-5-6-8-11(10)9-13-15(14)12(2,3)4/h5-8,13H,9H2,1-4H3. The normalized spacial score (nSPS) is 13.9. The maximum absolute atomic E-state index is 11.7. The van der Waals surface area contributed by atoms with Crippen LogP contribution in [0.15, 0.2) is 24.3 Å². The zero-order valence-electron chi connectivity index (χ0n) is 9.83. The maximum Gasteiger partial charge on any atom is 0.0973 e. The summed E-state index contributed by atoms with van der Waals surface area (Å²) in [6.45, 7) is 8.63. The SMILES string of the molecule is Cc1ccccc1CNS(=O)C(C)(C)C. The molecule has 0 spiro atoms. The molecule has 1 N–H and O–H groups in total. The van der Waals surface area contributed by atoms with Crippen LogP contribution in [0, 0.1) is 6.92 Å². The fourth-order valence-corrected chi connectivity index (χ4v) is 1.89. The first-order valence-corrected chi connectivity index (χ1v) is 6.26. The van der Waals surface area contributed by atoms with Crippen LogP contribution in [0.5, 0.6) is 0 Å². The van der Waals surface area contributed by atoms with Gasteiger partial charge in [0.15, 0.2) is 0 Å². The molecule has 3 heteroatoms. The third-order valence-electron chi connectivity index (χ3n) is 2.21. The minimum Gasteiger partial charge on any atom is -0.242 e. The van der Waals surface area contributed by atoms with Gasteiger partial charge in [0.2, 0.25) is 0 Å². The van der Waals surface area contributed by atoms with Gasteiger partial charge in [-0.05, 0) is 38.8 Å². The van der Waals surface area contributed by atoms with Crippen molar-refractivity contribution in [3.8, 4) is 0 Å². The van der Waals surface area contributed by atoms with E-state index in [-0.39, 0.29) is 4.75 Å². The Balaban J connectivity index is 2.59. The summed E-state index contributed by atoms with van der Waals surface area (Å²) in [5.41, 5.74) is 2.44. The Labute approximate surface area is 94.7 Å². The lowest BCUT2D eigenvalue weighted by Gasteiger charge is -2.18. The molecule has 0 saturated carbocycles. The molecule has 1 aromatic rings. The second-order valence-electron chi connectivity index (χ2n) is 4.63. The van der Waals surface area contributed by atoms with Crippen molar-refractivity contribution in [2.24, 2.45) is 0 Å². The molecule has 15 heavy (non-hydrogen) atoms. The number of nitrogens with one attached hydrogen (secondary N) is 1. The smallest absolute Gasteiger partial charge is 0.0973 e. The second kappa shape index (κ2) is 4.90. The number of hydrogen-bond donors (Lipinski definition) is 1. The Kier molecular flexibility index (Phi) is 4.05. The molecule has 1 aromatic carbocycles. The Hall–Kier alpha value is -0.670. The van der Waals surface area contributed by atoms with Crippen LogP contribution in [0.1, 0.15) is 31.9 Å². The van der Waals surface area contributed by atoms with Crippen LogP contribution in [-0.4, -0.2) is 8.96 Å². The highest BCUT2D eigenvalue weighted by molar-refractivity contribution is 7.84. The molecule has 0 aliphatic rings. The average Bonchev–Trinajstić information content (AvgIpc) is 2.14. The third kappa shape index (κ3) is 3.76. The Morgan fingerprint density at radius 3 is 2.40 bits per heavy atom. The zero-order chi connectivity index (χ0) is 11.5. The van der Waals surface area contributed by atoms with Gasteiger partial charge in [0.05, 0.1) is 15.7 Å². The molecule has 0 aliphatic heterocycles. The molecule has 0 saturated heterocycles. The molecule has 0 aliphatic carbocycles. The van der Waals surface area contributed by atoms with Crippen molar-refractivity contribution in [2.75, 3.05) is 0 Å². The van der Waals surface area contributed by atoms with E-state index in [9.17, 15) is 4.21 Å². The van der Waals surface area contributed by atoms with Gasteiger partial charge in [0.25, 0.3) is 0 Å². The van der Waals surface area contributed by atoms with Crippen LogP contribution in [0.25, 0.3) is 0 Å². The second-order valence-corrected chi connectivity index (χ2v) is 6.68. The van der Waals surface area contributed by atoms with Gasteiger partial charge in [-0.1, -0.05) is 24.3 Å². The van der Waals surface area contributed by atoms with Crippen molar-refractivity contribution in [3.05, 3.63) is 35.4 Å². The molecule has 84 valence electrons. The highest BCUT2D eigenvalue weighted by Crippen LogP contribution is 2.11. The van der Waals surface area contributed by atoms with Crippen molar-refractivity contribution in [2.45, 2.75) is 39.0 Å². The molecule has 2 nitrogen and oxygen atoms in total. The Bertz CT molecular complexity index is 355. The Morgan fingerprint density at radius 1 is 1.27 bits per heavy atom. The summed E-state index contributed by atoms with van der Waals surface area (Å²) in [7, 11) is -0.996. The van der Waals surface area contributed by atoms with E-state index in [0.29, 0.717) is 6.54 Å². The zero-order valence-corrected chi connectivity index (χ0v) is 10.6. The van der Waals surface area contributed by atoms with Crippen LogP contribution < -0.4 is 4.72 Å². The number of aryl methyl sites for hydroxylation is 1. The number of rotatable bonds is 3. The van der Waals surface area contributed by atoms with Gasteiger partial charge < -0.3 is 0 Å². The fourth-order valence-electron chi connectivity index (χ4n) is 1.17. The molecular formula is C12H19NOS. The summed E-state index contributed by atoms with van der Waals surface area (Å²) in [5, 5.41) is 0. The van der Waals surface area contributed by atoms with Crippen molar-refractivity contribution >= 4 is 11.0 Å². The predicted molar refractivity (Wildman–Crippen MR) is 65.9 cm³/mol. The largest absolute Gasteiger partial charge is 0.242 e. The van der Waals surface area contributed by atoms with E-state index >= 15 is 0 Å². The quantitative estimate of drug-likeness (QED) is 0.841. The molecule has 1 rings (SSSR count). The van der Waals surface area contributed by atoms with Crippen LogP contribution in [-0.2, 0) is 17.5 Å². The summed E-state index contributed by atoms with van der Waals surface area (Å²) >= 11 is 0. The van der Waals surface area contributed by atoms with Gasteiger partial charge >= 0.3 is 0 Å². The Morgan fingerprint density at radius 2 is 1.87 bits per heavy atom. The lowest BCUT2D eigenvalue weighted by molar-refractivity contribution is 0.634. The summed E-state index contributed by atoms with van der Waals surface area (Å²) in [5.74, 6) is 0. The molecule has 0 heterocycles. The molecule has 1 unspecified atom stereocenters. The van der Waals surface area contributed by atoms with Crippen LogP contribution in [0.2, 0.25) is 0 Å². The maximum atomic E-state index is 11.7. The topological polar surface area (TPSA) is 29.1 Å². The molecule has 0 fully saturated rings. The summed E-state index contributed by atoms with van der Waals surface area (Å²) in [6, 6.07) is 8.14. The highest BCUT2D eigenvalue weighted by Gasteiger charge is 2.18. The molecule has 0 radical (unpaired) electrons. The lowest BCUT2D eigenvalue weighted by Crippen LogP contribution is -2.33. The summed E-state index contributed by atoms with van der Waals surface area (Å²) < 4.78 is 14.6. The summed E-state index contributed by atoms with van der Waals surface area (Å²) in [6.07, 6.45) is 0. The van der Waals surface area contributed by atoms with Gasteiger partial charge in [-0.2, -0.15) is 0 Å². The number of hydrogen-bond acceptors (Lipinski definition) is 1. The molecule has 0 aromatic heterocycles. The van der Waals surface area contributed by atoms with Gasteiger partial charge in [-0.15, -0.1) is 0 Å². The summed E-state index contributed by atoms with van der Waals surface area (Å²) in [4.78, 5) is 0. The van der Waals surface area contributed by atoms with Gasteiger partial charge in [-0.25, -0.2) is 8.93 Å². The molecule has 1 atom stereocenters. The third-order valence-corrected chi connectivity index (χ3v) is 3.73. The van der Waals surface area contributed by atoms with E-state index in [2.05, 4.69) is 23.8 Å². The van der Waals surface area contributed by atoms with Gasteiger partial charge in [0, 0.05) is 6.54 Å². The van der Waals surface area contributed by atoms with Crippen LogP contribution in [0.4, 0.5) is 0 Å². The van der Waals surface area contributed by atoms with E-state index in [1.54, 1.807) is 0 Å². The van der Waals surface area contributed by atoms with E-state index in [0.717, 1.165) is 0 Å². The van der Waals surface area contributed by atoms with Crippen molar-refractivity contribution in [1.82, 2.24) is 4.72 Å². The molecular weight excluding hydrogens is 206 g/mol. The number of benzene rings is 1. The van der Waals surface area contributed by atoms with E-state index < -0.39 is 11.0 Å².